The van der Waals surface area contributed by atoms with Crippen LogP contribution in [0.2, 0.25) is 0 Å². The third-order valence-electron chi connectivity index (χ3n) is 3.04. The topological polar surface area (TPSA) is 132 Å². The van der Waals surface area contributed by atoms with E-state index in [0.717, 1.165) is 0 Å². The van der Waals surface area contributed by atoms with Gasteiger partial charge in [-0.2, -0.15) is 5.26 Å². The highest BCUT2D eigenvalue weighted by molar-refractivity contribution is 6.06. The van der Waals surface area contributed by atoms with Gasteiger partial charge in [-0.25, -0.2) is 4.98 Å². The van der Waals surface area contributed by atoms with Crippen LogP contribution in [0, 0.1) is 11.3 Å². The molecule has 0 radical (unpaired) electrons. The highest BCUT2D eigenvalue weighted by atomic mass is 16.5. The summed E-state index contributed by atoms with van der Waals surface area (Å²) >= 11 is 0. The number of nitrogens with two attached hydrogens (primary N) is 2. The number of rotatable bonds is 2. The second-order valence-electron chi connectivity index (χ2n) is 4.30. The SMILES string of the molecule is N#Cc1c(N)nc2c(C(N)=O)noc2c1-c1ccccc1. The lowest BCUT2D eigenvalue weighted by molar-refractivity contribution is 0.0993. The van der Waals surface area contributed by atoms with Crippen molar-refractivity contribution in [1.82, 2.24) is 10.1 Å². The largest absolute Gasteiger partial charge is 0.383 e. The summed E-state index contributed by atoms with van der Waals surface area (Å²) in [4.78, 5) is 15.4. The van der Waals surface area contributed by atoms with E-state index in [1.807, 2.05) is 24.3 Å². The number of hydrogen-bond acceptors (Lipinski definition) is 6. The lowest BCUT2D eigenvalue weighted by atomic mass is 10.00. The van der Waals surface area contributed by atoms with E-state index in [2.05, 4.69) is 10.1 Å². The molecule has 0 aliphatic rings. The second kappa shape index (κ2) is 4.61. The Balaban J connectivity index is 2.46. The fraction of sp³-hybridized carbons (Fsp3) is 0. The number of hydrogen-bond donors (Lipinski definition) is 2. The molecule has 0 aliphatic heterocycles. The van der Waals surface area contributed by atoms with Crippen molar-refractivity contribution in [2.75, 3.05) is 5.73 Å². The van der Waals surface area contributed by atoms with Crippen molar-refractivity contribution >= 4 is 22.8 Å². The Hall–Kier alpha value is -3.40. The van der Waals surface area contributed by atoms with Crippen molar-refractivity contribution in [3.8, 4) is 17.2 Å². The normalized spacial score (nSPS) is 10.4. The predicted molar refractivity (Wildman–Crippen MR) is 74.9 cm³/mol. The van der Waals surface area contributed by atoms with E-state index in [1.54, 1.807) is 12.1 Å². The maximum absolute atomic E-state index is 11.3. The van der Waals surface area contributed by atoms with Gasteiger partial charge in [0.05, 0.1) is 5.56 Å². The zero-order valence-electron chi connectivity index (χ0n) is 10.7. The molecule has 0 saturated carbocycles. The summed E-state index contributed by atoms with van der Waals surface area (Å²) in [5.41, 5.74) is 12.6. The highest BCUT2D eigenvalue weighted by Gasteiger charge is 2.23. The number of amides is 1. The number of carbonyl (C=O) groups is 1. The average molecular weight is 279 g/mol. The van der Waals surface area contributed by atoms with Crippen LogP contribution in [-0.2, 0) is 0 Å². The summed E-state index contributed by atoms with van der Waals surface area (Å²) in [5, 5.41) is 12.9. The summed E-state index contributed by atoms with van der Waals surface area (Å²) in [7, 11) is 0. The third-order valence-corrected chi connectivity index (χ3v) is 3.04. The molecule has 21 heavy (non-hydrogen) atoms. The first kappa shape index (κ1) is 12.6. The monoisotopic (exact) mass is 279 g/mol. The Morgan fingerprint density at radius 1 is 1.29 bits per heavy atom. The van der Waals surface area contributed by atoms with Gasteiger partial charge in [0.2, 0.25) is 0 Å². The van der Waals surface area contributed by atoms with Crippen molar-refractivity contribution in [1.29, 1.82) is 5.26 Å². The smallest absolute Gasteiger partial charge is 0.273 e. The number of fused-ring (bicyclic) bond motifs is 1. The van der Waals surface area contributed by atoms with Crippen molar-refractivity contribution in [3.05, 3.63) is 41.6 Å². The van der Waals surface area contributed by atoms with E-state index in [0.29, 0.717) is 11.1 Å². The van der Waals surface area contributed by atoms with Crippen molar-refractivity contribution in [2.24, 2.45) is 5.73 Å². The van der Waals surface area contributed by atoms with Gasteiger partial charge >= 0.3 is 0 Å². The molecular formula is C14H9N5O2. The number of pyridine rings is 1. The molecule has 1 aromatic carbocycles. The first-order valence-corrected chi connectivity index (χ1v) is 5.97. The van der Waals surface area contributed by atoms with E-state index in [4.69, 9.17) is 16.0 Å². The van der Waals surface area contributed by atoms with Crippen LogP contribution in [-0.4, -0.2) is 16.0 Å². The van der Waals surface area contributed by atoms with Crippen molar-refractivity contribution in [2.45, 2.75) is 0 Å². The number of nitriles is 1. The van der Waals surface area contributed by atoms with Gasteiger partial charge in [-0.1, -0.05) is 35.5 Å². The molecule has 2 heterocycles. The number of nitrogen functional groups attached to an aromatic ring is 1. The quantitative estimate of drug-likeness (QED) is 0.729. The minimum Gasteiger partial charge on any atom is -0.383 e. The Morgan fingerprint density at radius 3 is 2.62 bits per heavy atom. The minimum absolute atomic E-state index is 0.00504. The van der Waals surface area contributed by atoms with E-state index in [1.165, 1.54) is 0 Å². The minimum atomic E-state index is -0.774. The van der Waals surface area contributed by atoms with Crippen LogP contribution < -0.4 is 11.5 Å². The van der Waals surface area contributed by atoms with Gasteiger partial charge in [-0.05, 0) is 5.56 Å². The van der Waals surface area contributed by atoms with Gasteiger partial charge in [-0.15, -0.1) is 0 Å². The first-order chi connectivity index (χ1) is 10.1. The number of carbonyl (C=O) groups excluding carboxylic acids is 1. The Labute approximate surface area is 118 Å². The lowest BCUT2D eigenvalue weighted by Crippen LogP contribution is -2.12. The maximum Gasteiger partial charge on any atom is 0.273 e. The number of benzene rings is 1. The van der Waals surface area contributed by atoms with E-state index >= 15 is 0 Å². The molecule has 2 aromatic heterocycles. The number of anilines is 1. The molecule has 0 bridgehead atoms. The molecule has 7 nitrogen and oxygen atoms in total. The predicted octanol–water partition coefficient (Wildman–Crippen LogP) is 1.44. The van der Waals surface area contributed by atoms with Gasteiger partial charge in [0.15, 0.2) is 11.3 Å². The summed E-state index contributed by atoms with van der Waals surface area (Å²) in [6, 6.07) is 11.0. The van der Waals surface area contributed by atoms with Crippen molar-refractivity contribution in [3.63, 3.8) is 0 Å². The number of nitrogens with zero attached hydrogens (tertiary/aromatic N) is 3. The van der Waals surface area contributed by atoms with Crippen LogP contribution in [0.3, 0.4) is 0 Å². The lowest BCUT2D eigenvalue weighted by Gasteiger charge is -2.06. The van der Waals surface area contributed by atoms with Crippen LogP contribution in [0.5, 0.6) is 0 Å². The molecule has 0 fully saturated rings. The second-order valence-corrected chi connectivity index (χ2v) is 4.30. The average Bonchev–Trinajstić information content (AvgIpc) is 2.90. The zero-order chi connectivity index (χ0) is 15.0. The maximum atomic E-state index is 11.3. The Kier molecular flexibility index (Phi) is 2.77. The molecule has 0 atom stereocenters. The van der Waals surface area contributed by atoms with E-state index in [9.17, 15) is 10.1 Å². The number of primary amides is 1. The van der Waals surface area contributed by atoms with E-state index < -0.39 is 5.91 Å². The summed E-state index contributed by atoms with van der Waals surface area (Å²) in [6.07, 6.45) is 0. The molecule has 3 aromatic rings. The van der Waals surface area contributed by atoms with Crippen molar-refractivity contribution < 1.29 is 9.32 Å². The molecule has 0 aliphatic carbocycles. The number of aromatic nitrogens is 2. The summed E-state index contributed by atoms with van der Waals surface area (Å²) < 4.78 is 5.17. The molecule has 0 saturated heterocycles. The van der Waals surface area contributed by atoms with Crippen LogP contribution in [0.1, 0.15) is 16.1 Å². The fourth-order valence-corrected chi connectivity index (χ4v) is 2.13. The van der Waals surface area contributed by atoms with Crippen LogP contribution in [0.4, 0.5) is 5.82 Å². The van der Waals surface area contributed by atoms with Crippen LogP contribution in [0.25, 0.3) is 22.2 Å². The molecule has 3 rings (SSSR count). The van der Waals surface area contributed by atoms with Gasteiger partial charge in [-0.3, -0.25) is 4.79 Å². The van der Waals surface area contributed by atoms with Crippen LogP contribution in [0.15, 0.2) is 34.9 Å². The molecular weight excluding hydrogens is 270 g/mol. The first-order valence-electron chi connectivity index (χ1n) is 5.97. The summed E-state index contributed by atoms with van der Waals surface area (Å²) in [6.45, 7) is 0. The molecule has 4 N–H and O–H groups in total. The molecule has 1 amide bonds. The standard InChI is InChI=1S/C14H9N5O2/c15-6-8-9(7-4-2-1-3-5-7)12-10(18-13(8)16)11(14(17)20)19-21-12/h1-5H,(H2,16,18)(H2,17,20). The molecule has 7 heteroatoms. The molecule has 102 valence electrons. The van der Waals surface area contributed by atoms with Gasteiger partial charge < -0.3 is 16.0 Å². The Morgan fingerprint density at radius 2 is 2.00 bits per heavy atom. The van der Waals surface area contributed by atoms with Gasteiger partial charge in [0.1, 0.15) is 23.0 Å². The summed E-state index contributed by atoms with van der Waals surface area (Å²) in [5.74, 6) is -0.779. The molecule has 0 spiro atoms. The van der Waals surface area contributed by atoms with Gasteiger partial charge in [0, 0.05) is 0 Å². The van der Waals surface area contributed by atoms with Gasteiger partial charge in [0.25, 0.3) is 5.91 Å². The molecule has 0 unspecified atom stereocenters. The van der Waals surface area contributed by atoms with Crippen LogP contribution >= 0.6 is 0 Å². The fourth-order valence-electron chi connectivity index (χ4n) is 2.13. The zero-order valence-corrected chi connectivity index (χ0v) is 10.7. The highest BCUT2D eigenvalue weighted by Crippen LogP contribution is 2.34. The van der Waals surface area contributed by atoms with E-state index in [-0.39, 0.29) is 28.2 Å². The Bertz CT molecular complexity index is 893. The third kappa shape index (κ3) is 1.86.